The number of amides is 1. The first-order chi connectivity index (χ1) is 12.7. The summed E-state index contributed by atoms with van der Waals surface area (Å²) in [6.45, 7) is 3.73. The van der Waals surface area contributed by atoms with Crippen molar-refractivity contribution in [3.05, 3.63) is 77.1 Å². The number of nitrogens with one attached hydrogen (secondary N) is 1. The highest BCUT2D eigenvalue weighted by atomic mass is 19.1. The molecule has 0 aliphatic carbocycles. The average molecular weight is 352 g/mol. The van der Waals surface area contributed by atoms with Crippen molar-refractivity contribution in [3.63, 3.8) is 0 Å². The molecule has 0 spiro atoms. The summed E-state index contributed by atoms with van der Waals surface area (Å²) in [6, 6.07) is 14.4. The van der Waals surface area contributed by atoms with E-state index in [2.05, 4.69) is 28.4 Å². The third-order valence-electron chi connectivity index (χ3n) is 4.69. The molecular formula is C22H25FN2O. The van der Waals surface area contributed by atoms with Crippen molar-refractivity contribution in [3.8, 4) is 0 Å². The van der Waals surface area contributed by atoms with Crippen molar-refractivity contribution in [2.75, 3.05) is 13.1 Å². The summed E-state index contributed by atoms with van der Waals surface area (Å²) in [4.78, 5) is 14.6. The minimum atomic E-state index is -0.306. The van der Waals surface area contributed by atoms with Gasteiger partial charge >= 0.3 is 0 Å². The molecule has 1 aliphatic rings. The van der Waals surface area contributed by atoms with E-state index in [1.54, 1.807) is 18.2 Å². The Hall–Kier alpha value is -2.46. The summed E-state index contributed by atoms with van der Waals surface area (Å²) in [5.74, 6) is -0.485. The summed E-state index contributed by atoms with van der Waals surface area (Å²) < 4.78 is 13.2. The van der Waals surface area contributed by atoms with E-state index in [9.17, 15) is 9.18 Å². The Bertz CT molecular complexity index is 766. The second-order valence-corrected chi connectivity index (χ2v) is 6.71. The van der Waals surface area contributed by atoms with Crippen LogP contribution in [0.15, 0.2) is 54.6 Å². The van der Waals surface area contributed by atoms with Crippen LogP contribution in [0.5, 0.6) is 0 Å². The van der Waals surface area contributed by atoms with Crippen molar-refractivity contribution in [1.29, 1.82) is 0 Å². The predicted molar refractivity (Wildman–Crippen MR) is 103 cm³/mol. The molecule has 1 aliphatic heterocycles. The smallest absolute Gasteiger partial charge is 0.244 e. The standard InChI is InChI=1S/C22H25FN2O/c23-21-10-6-7-18(15-21)11-12-22(26)24-16-19-8-2-3-9-20(19)17-25-13-4-1-5-14-25/h2-3,6-12,15H,1,4-5,13-14,16-17H2,(H,24,26)/b12-11+. The van der Waals surface area contributed by atoms with Crippen LogP contribution in [0.4, 0.5) is 4.39 Å². The topological polar surface area (TPSA) is 32.3 Å². The molecule has 136 valence electrons. The maximum Gasteiger partial charge on any atom is 0.244 e. The number of piperidine rings is 1. The van der Waals surface area contributed by atoms with Gasteiger partial charge in [0, 0.05) is 19.2 Å². The Labute approximate surface area is 154 Å². The molecule has 4 heteroatoms. The number of carbonyl (C=O) groups excluding carboxylic acids is 1. The molecule has 26 heavy (non-hydrogen) atoms. The number of hydrogen-bond acceptors (Lipinski definition) is 2. The molecule has 1 N–H and O–H groups in total. The SMILES string of the molecule is O=C(/C=C/c1cccc(F)c1)NCc1ccccc1CN1CCCCC1. The van der Waals surface area contributed by atoms with Crippen molar-refractivity contribution in [2.45, 2.75) is 32.4 Å². The molecule has 0 saturated carbocycles. The van der Waals surface area contributed by atoms with Crippen LogP contribution in [0.1, 0.15) is 36.0 Å². The van der Waals surface area contributed by atoms with Crippen LogP contribution >= 0.6 is 0 Å². The monoisotopic (exact) mass is 352 g/mol. The number of likely N-dealkylation sites (tertiary alicyclic amines) is 1. The van der Waals surface area contributed by atoms with E-state index in [0.29, 0.717) is 12.1 Å². The lowest BCUT2D eigenvalue weighted by Crippen LogP contribution is -2.30. The quantitative estimate of drug-likeness (QED) is 0.793. The number of hydrogen-bond donors (Lipinski definition) is 1. The van der Waals surface area contributed by atoms with Crippen molar-refractivity contribution in [1.82, 2.24) is 10.2 Å². The van der Waals surface area contributed by atoms with E-state index in [1.807, 2.05) is 6.07 Å². The molecule has 2 aromatic carbocycles. The number of benzene rings is 2. The van der Waals surface area contributed by atoms with E-state index >= 15 is 0 Å². The second-order valence-electron chi connectivity index (χ2n) is 6.71. The first kappa shape index (κ1) is 18.3. The van der Waals surface area contributed by atoms with Crippen molar-refractivity contribution >= 4 is 12.0 Å². The maximum absolute atomic E-state index is 13.2. The Morgan fingerprint density at radius 3 is 2.58 bits per heavy atom. The van der Waals surface area contributed by atoms with Gasteiger partial charge in [-0.15, -0.1) is 0 Å². The highest BCUT2D eigenvalue weighted by Gasteiger charge is 2.12. The van der Waals surface area contributed by atoms with Gasteiger partial charge in [-0.05, 0) is 60.8 Å². The third-order valence-corrected chi connectivity index (χ3v) is 4.69. The highest BCUT2D eigenvalue weighted by molar-refractivity contribution is 5.91. The third kappa shape index (κ3) is 5.53. The van der Waals surface area contributed by atoms with Gasteiger partial charge in [0.2, 0.25) is 5.91 Å². The summed E-state index contributed by atoms with van der Waals surface area (Å²) in [6.07, 6.45) is 6.93. The Kier molecular flexibility index (Phi) is 6.56. The van der Waals surface area contributed by atoms with Gasteiger partial charge in [0.05, 0.1) is 0 Å². The van der Waals surface area contributed by atoms with E-state index in [-0.39, 0.29) is 11.7 Å². The minimum absolute atomic E-state index is 0.179. The zero-order chi connectivity index (χ0) is 18.2. The lowest BCUT2D eigenvalue weighted by Gasteiger charge is -2.27. The fourth-order valence-corrected chi connectivity index (χ4v) is 3.27. The Balaban J connectivity index is 1.56. The first-order valence-electron chi connectivity index (χ1n) is 9.21. The molecule has 3 nitrogen and oxygen atoms in total. The van der Waals surface area contributed by atoms with Gasteiger partial charge in [-0.3, -0.25) is 9.69 Å². The van der Waals surface area contributed by atoms with Gasteiger partial charge in [-0.25, -0.2) is 4.39 Å². The fourth-order valence-electron chi connectivity index (χ4n) is 3.27. The minimum Gasteiger partial charge on any atom is -0.348 e. The fraction of sp³-hybridized carbons (Fsp3) is 0.318. The van der Waals surface area contributed by atoms with Gasteiger partial charge in [0.1, 0.15) is 5.82 Å². The van der Waals surface area contributed by atoms with Gasteiger partial charge in [-0.2, -0.15) is 0 Å². The summed E-state index contributed by atoms with van der Waals surface area (Å²) in [7, 11) is 0. The van der Waals surface area contributed by atoms with E-state index in [1.165, 1.54) is 43.0 Å². The van der Waals surface area contributed by atoms with Crippen LogP contribution < -0.4 is 5.32 Å². The van der Waals surface area contributed by atoms with Gasteiger partial charge < -0.3 is 5.32 Å². The molecule has 1 fully saturated rings. The van der Waals surface area contributed by atoms with Crippen LogP contribution in [0.25, 0.3) is 6.08 Å². The van der Waals surface area contributed by atoms with E-state index in [4.69, 9.17) is 0 Å². The summed E-state index contributed by atoms with van der Waals surface area (Å²) in [5, 5.41) is 2.92. The van der Waals surface area contributed by atoms with Crippen LogP contribution in [-0.2, 0) is 17.9 Å². The normalized spacial score (nSPS) is 15.3. The Morgan fingerprint density at radius 2 is 1.81 bits per heavy atom. The van der Waals surface area contributed by atoms with Crippen LogP contribution in [0, 0.1) is 5.82 Å². The Morgan fingerprint density at radius 1 is 1.04 bits per heavy atom. The number of nitrogens with zero attached hydrogens (tertiary/aromatic N) is 1. The van der Waals surface area contributed by atoms with E-state index < -0.39 is 0 Å². The summed E-state index contributed by atoms with van der Waals surface area (Å²) >= 11 is 0. The molecule has 0 unspecified atom stereocenters. The number of rotatable bonds is 6. The van der Waals surface area contributed by atoms with Gasteiger partial charge in [0.25, 0.3) is 0 Å². The predicted octanol–water partition coefficient (Wildman–Crippen LogP) is 4.14. The zero-order valence-corrected chi connectivity index (χ0v) is 15.0. The maximum atomic E-state index is 13.2. The van der Waals surface area contributed by atoms with E-state index in [0.717, 1.165) is 25.2 Å². The molecule has 1 saturated heterocycles. The largest absolute Gasteiger partial charge is 0.348 e. The summed E-state index contributed by atoms with van der Waals surface area (Å²) in [5.41, 5.74) is 3.08. The second kappa shape index (κ2) is 9.30. The number of carbonyl (C=O) groups is 1. The van der Waals surface area contributed by atoms with Crippen molar-refractivity contribution < 1.29 is 9.18 Å². The molecule has 2 aromatic rings. The molecule has 0 aromatic heterocycles. The molecule has 0 radical (unpaired) electrons. The van der Waals surface area contributed by atoms with Crippen LogP contribution in [0.3, 0.4) is 0 Å². The molecule has 3 rings (SSSR count). The molecule has 0 bridgehead atoms. The first-order valence-corrected chi connectivity index (χ1v) is 9.21. The zero-order valence-electron chi connectivity index (χ0n) is 15.0. The average Bonchev–Trinajstić information content (AvgIpc) is 2.66. The van der Waals surface area contributed by atoms with Crippen molar-refractivity contribution in [2.24, 2.45) is 0 Å². The highest BCUT2D eigenvalue weighted by Crippen LogP contribution is 2.16. The van der Waals surface area contributed by atoms with Gasteiger partial charge in [-0.1, -0.05) is 42.8 Å². The molecule has 1 heterocycles. The lowest BCUT2D eigenvalue weighted by molar-refractivity contribution is -0.116. The molecule has 0 atom stereocenters. The molecule has 1 amide bonds. The van der Waals surface area contributed by atoms with Crippen LogP contribution in [-0.4, -0.2) is 23.9 Å². The van der Waals surface area contributed by atoms with Crippen LogP contribution in [0.2, 0.25) is 0 Å². The number of halogens is 1. The van der Waals surface area contributed by atoms with Gasteiger partial charge in [0.15, 0.2) is 0 Å². The lowest BCUT2D eigenvalue weighted by atomic mass is 10.0. The molecular weight excluding hydrogens is 327 g/mol.